The Balaban J connectivity index is 2.06. The van der Waals surface area contributed by atoms with E-state index in [1.165, 1.54) is 11.1 Å². The molecule has 0 atom stereocenters. The normalized spacial score (nSPS) is 10.6. The maximum absolute atomic E-state index is 4.40. The lowest BCUT2D eigenvalue weighted by atomic mass is 10.2. The van der Waals surface area contributed by atoms with Crippen LogP contribution in [-0.2, 0) is 5.75 Å². The second kappa shape index (κ2) is 7.29. The molecular formula is C16H21N3S. The highest BCUT2D eigenvalue weighted by atomic mass is 32.2. The van der Waals surface area contributed by atoms with Crippen LogP contribution in [0.25, 0.3) is 0 Å². The number of nitrogens with one attached hydrogen (secondary N) is 1. The van der Waals surface area contributed by atoms with Crippen LogP contribution in [0.15, 0.2) is 35.6 Å². The predicted molar refractivity (Wildman–Crippen MR) is 86.3 cm³/mol. The van der Waals surface area contributed by atoms with Crippen molar-refractivity contribution in [2.45, 2.75) is 38.0 Å². The van der Waals surface area contributed by atoms with Crippen LogP contribution in [0, 0.1) is 13.8 Å². The number of anilines is 1. The molecule has 1 aromatic carbocycles. The number of aromatic nitrogens is 2. The first kappa shape index (κ1) is 14.9. The Bertz CT molecular complexity index is 569. The van der Waals surface area contributed by atoms with Crippen LogP contribution in [0.5, 0.6) is 0 Å². The molecule has 0 saturated carbocycles. The van der Waals surface area contributed by atoms with Crippen molar-refractivity contribution in [1.29, 1.82) is 0 Å². The van der Waals surface area contributed by atoms with Gasteiger partial charge >= 0.3 is 0 Å². The third-order valence-corrected chi connectivity index (χ3v) is 4.20. The smallest absolute Gasteiger partial charge is 0.133 e. The summed E-state index contributed by atoms with van der Waals surface area (Å²) in [5, 5.41) is 4.40. The molecule has 0 bridgehead atoms. The molecule has 0 amide bonds. The van der Waals surface area contributed by atoms with E-state index in [1.807, 2.05) is 0 Å². The fraction of sp³-hybridized carbons (Fsp3) is 0.375. The second-order valence-electron chi connectivity index (χ2n) is 4.86. The highest BCUT2D eigenvalue weighted by Gasteiger charge is 2.07. The molecule has 1 aromatic heterocycles. The molecule has 0 unspecified atom stereocenters. The first-order chi connectivity index (χ1) is 9.70. The fourth-order valence-electron chi connectivity index (χ4n) is 1.95. The van der Waals surface area contributed by atoms with Crippen LogP contribution in [0.3, 0.4) is 0 Å². The maximum Gasteiger partial charge on any atom is 0.133 e. The standard InChI is InChI=1S/C16H21N3S/c1-4-8-17-15-13(3)16(19-11-18-15)20-10-14-7-5-6-12(2)9-14/h5-7,9,11H,4,8,10H2,1-3H3,(H,17,18,19). The number of thioether (sulfide) groups is 1. The first-order valence-electron chi connectivity index (χ1n) is 6.94. The summed E-state index contributed by atoms with van der Waals surface area (Å²) in [6.45, 7) is 7.30. The van der Waals surface area contributed by atoms with Gasteiger partial charge < -0.3 is 5.32 Å². The Hall–Kier alpha value is -1.55. The van der Waals surface area contributed by atoms with Gasteiger partial charge in [-0.1, -0.05) is 36.8 Å². The van der Waals surface area contributed by atoms with Gasteiger partial charge in [0.05, 0.1) is 0 Å². The molecule has 0 spiro atoms. The number of aryl methyl sites for hydroxylation is 1. The van der Waals surface area contributed by atoms with Crippen molar-refractivity contribution >= 4 is 17.6 Å². The van der Waals surface area contributed by atoms with E-state index >= 15 is 0 Å². The summed E-state index contributed by atoms with van der Waals surface area (Å²) in [5.74, 6) is 1.89. The lowest BCUT2D eigenvalue weighted by molar-refractivity contribution is 0.938. The van der Waals surface area contributed by atoms with Crippen molar-refractivity contribution in [3.05, 3.63) is 47.3 Å². The highest BCUT2D eigenvalue weighted by Crippen LogP contribution is 2.27. The van der Waals surface area contributed by atoms with Gasteiger partial charge in [0.2, 0.25) is 0 Å². The predicted octanol–water partition coefficient (Wildman–Crippen LogP) is 4.21. The Morgan fingerprint density at radius 2 is 2.05 bits per heavy atom. The summed E-state index contributed by atoms with van der Waals surface area (Å²) in [5.41, 5.74) is 3.77. The molecule has 1 heterocycles. The van der Waals surface area contributed by atoms with Crippen molar-refractivity contribution < 1.29 is 0 Å². The van der Waals surface area contributed by atoms with Crippen LogP contribution in [0.1, 0.15) is 30.0 Å². The molecule has 0 saturated heterocycles. The molecule has 0 aliphatic heterocycles. The average Bonchev–Trinajstić information content (AvgIpc) is 2.45. The molecule has 0 aliphatic rings. The van der Waals surface area contributed by atoms with E-state index in [0.29, 0.717) is 0 Å². The number of hydrogen-bond acceptors (Lipinski definition) is 4. The molecule has 20 heavy (non-hydrogen) atoms. The van der Waals surface area contributed by atoms with E-state index in [4.69, 9.17) is 0 Å². The summed E-state index contributed by atoms with van der Waals surface area (Å²) >= 11 is 1.77. The lowest BCUT2D eigenvalue weighted by Gasteiger charge is -2.10. The molecule has 4 heteroatoms. The average molecular weight is 287 g/mol. The van der Waals surface area contributed by atoms with Gasteiger partial charge in [0, 0.05) is 17.9 Å². The highest BCUT2D eigenvalue weighted by molar-refractivity contribution is 7.98. The van der Waals surface area contributed by atoms with Crippen molar-refractivity contribution in [3.63, 3.8) is 0 Å². The van der Waals surface area contributed by atoms with E-state index in [1.54, 1.807) is 18.1 Å². The van der Waals surface area contributed by atoms with Crippen molar-refractivity contribution in [2.75, 3.05) is 11.9 Å². The van der Waals surface area contributed by atoms with Gasteiger partial charge in [0.1, 0.15) is 17.2 Å². The Morgan fingerprint density at radius 3 is 2.80 bits per heavy atom. The quantitative estimate of drug-likeness (QED) is 0.638. The molecule has 3 nitrogen and oxygen atoms in total. The summed E-state index contributed by atoms with van der Waals surface area (Å²) < 4.78 is 0. The summed E-state index contributed by atoms with van der Waals surface area (Å²) in [6.07, 6.45) is 2.73. The number of benzene rings is 1. The SMILES string of the molecule is CCCNc1ncnc(SCc2cccc(C)c2)c1C. The van der Waals surface area contributed by atoms with Crippen LogP contribution >= 0.6 is 11.8 Å². The van der Waals surface area contributed by atoms with Crippen molar-refractivity contribution in [3.8, 4) is 0 Å². The maximum atomic E-state index is 4.40. The van der Waals surface area contributed by atoms with Crippen LogP contribution in [0.2, 0.25) is 0 Å². The number of hydrogen-bond donors (Lipinski definition) is 1. The number of nitrogens with zero attached hydrogens (tertiary/aromatic N) is 2. The molecule has 0 radical (unpaired) electrons. The van der Waals surface area contributed by atoms with E-state index in [9.17, 15) is 0 Å². The Labute approximate surface area is 125 Å². The molecule has 0 aliphatic carbocycles. The van der Waals surface area contributed by atoms with Gasteiger partial charge in [0.25, 0.3) is 0 Å². The van der Waals surface area contributed by atoms with E-state index in [0.717, 1.165) is 35.1 Å². The molecule has 1 N–H and O–H groups in total. The van der Waals surface area contributed by atoms with Crippen LogP contribution in [-0.4, -0.2) is 16.5 Å². The van der Waals surface area contributed by atoms with Gasteiger partial charge in [-0.25, -0.2) is 9.97 Å². The van der Waals surface area contributed by atoms with Gasteiger partial charge in [-0.15, -0.1) is 11.8 Å². The Kier molecular flexibility index (Phi) is 5.41. The minimum absolute atomic E-state index is 0.937. The Morgan fingerprint density at radius 1 is 1.20 bits per heavy atom. The van der Waals surface area contributed by atoms with Crippen LogP contribution < -0.4 is 5.32 Å². The zero-order chi connectivity index (χ0) is 14.4. The minimum atomic E-state index is 0.937. The fourth-order valence-corrected chi connectivity index (χ4v) is 2.87. The van der Waals surface area contributed by atoms with E-state index < -0.39 is 0 Å². The van der Waals surface area contributed by atoms with Gasteiger partial charge in [0.15, 0.2) is 0 Å². The van der Waals surface area contributed by atoms with Crippen molar-refractivity contribution in [1.82, 2.24) is 9.97 Å². The molecule has 106 valence electrons. The minimum Gasteiger partial charge on any atom is -0.370 e. The third kappa shape index (κ3) is 3.97. The summed E-state index contributed by atoms with van der Waals surface area (Å²) in [4.78, 5) is 8.71. The van der Waals surface area contributed by atoms with Gasteiger partial charge in [-0.05, 0) is 25.8 Å². The number of rotatable bonds is 6. The van der Waals surface area contributed by atoms with Gasteiger partial charge in [-0.3, -0.25) is 0 Å². The van der Waals surface area contributed by atoms with Crippen molar-refractivity contribution in [2.24, 2.45) is 0 Å². The largest absolute Gasteiger partial charge is 0.370 e. The topological polar surface area (TPSA) is 37.8 Å². The molecule has 2 rings (SSSR count). The third-order valence-electron chi connectivity index (χ3n) is 3.04. The lowest BCUT2D eigenvalue weighted by Crippen LogP contribution is -2.05. The molecule has 2 aromatic rings. The van der Waals surface area contributed by atoms with E-state index in [-0.39, 0.29) is 0 Å². The summed E-state index contributed by atoms with van der Waals surface area (Å²) in [6, 6.07) is 8.61. The van der Waals surface area contributed by atoms with Crippen LogP contribution in [0.4, 0.5) is 5.82 Å². The second-order valence-corrected chi connectivity index (χ2v) is 5.82. The monoisotopic (exact) mass is 287 g/mol. The van der Waals surface area contributed by atoms with Gasteiger partial charge in [-0.2, -0.15) is 0 Å². The zero-order valence-electron chi connectivity index (χ0n) is 12.3. The molecule has 0 fully saturated rings. The first-order valence-corrected chi connectivity index (χ1v) is 7.93. The van der Waals surface area contributed by atoms with E-state index in [2.05, 4.69) is 60.3 Å². The molecular weight excluding hydrogens is 266 g/mol. The summed E-state index contributed by atoms with van der Waals surface area (Å²) in [7, 11) is 0. The zero-order valence-corrected chi connectivity index (χ0v) is 13.1.